The van der Waals surface area contributed by atoms with E-state index in [1.54, 1.807) is 13.8 Å². The third kappa shape index (κ3) is 5.72. The Morgan fingerprint density at radius 1 is 1.44 bits per heavy atom. The lowest BCUT2D eigenvalue weighted by Crippen LogP contribution is -2.20. The molecule has 0 aromatic rings. The first kappa shape index (κ1) is 16.5. The summed E-state index contributed by atoms with van der Waals surface area (Å²) >= 11 is 0. The number of hydrogen-bond donors (Lipinski definition) is 2. The summed E-state index contributed by atoms with van der Waals surface area (Å²) < 4.78 is 38.4. The molecule has 5 heteroatoms. The maximum absolute atomic E-state index is 12.8. The summed E-state index contributed by atoms with van der Waals surface area (Å²) in [7, 11) is 0. The largest absolute Gasteiger partial charge is 0.417 e. The molecule has 0 radical (unpaired) electrons. The number of rotatable bonds is 6. The van der Waals surface area contributed by atoms with E-state index in [1.807, 2.05) is 0 Å². The summed E-state index contributed by atoms with van der Waals surface area (Å²) in [5.74, 6) is 0. The number of nitrogens with one attached hydrogen (secondary N) is 1. The minimum atomic E-state index is -4.44. The van der Waals surface area contributed by atoms with Crippen molar-refractivity contribution in [2.24, 2.45) is 5.73 Å². The van der Waals surface area contributed by atoms with Crippen molar-refractivity contribution in [3.8, 4) is 0 Å². The minimum Gasteiger partial charge on any atom is -0.362 e. The zero-order valence-electron chi connectivity index (χ0n) is 10.6. The Labute approximate surface area is 106 Å². The van der Waals surface area contributed by atoms with Gasteiger partial charge in [0.1, 0.15) is 0 Å². The number of alkyl halides is 3. The number of halogens is 3. The van der Waals surface area contributed by atoms with E-state index in [-0.39, 0.29) is 0 Å². The zero-order chi connectivity index (χ0) is 14.3. The first-order valence-corrected chi connectivity index (χ1v) is 5.53. The molecule has 0 aliphatic carbocycles. The topological polar surface area (TPSA) is 38.0 Å². The number of nitrogens with two attached hydrogens (primary N) is 1. The Bertz CT molecular complexity index is 363. The van der Waals surface area contributed by atoms with Crippen molar-refractivity contribution in [3.63, 3.8) is 0 Å². The lowest BCUT2D eigenvalue weighted by molar-refractivity contribution is -0.0886. The van der Waals surface area contributed by atoms with Crippen molar-refractivity contribution < 1.29 is 13.2 Å². The van der Waals surface area contributed by atoms with Gasteiger partial charge in [-0.15, -0.1) is 0 Å². The zero-order valence-corrected chi connectivity index (χ0v) is 10.6. The molecule has 0 aromatic carbocycles. The van der Waals surface area contributed by atoms with E-state index in [0.717, 1.165) is 12.3 Å². The molecule has 0 aliphatic rings. The van der Waals surface area contributed by atoms with Gasteiger partial charge in [-0.2, -0.15) is 13.2 Å². The molecule has 0 bridgehead atoms. The van der Waals surface area contributed by atoms with Crippen molar-refractivity contribution >= 4 is 0 Å². The maximum atomic E-state index is 12.8. The molecular formula is C13H19F3N2. The SMILES string of the molecule is C=CC(=C)N/C=C(\C=C(\CC)C(C)N)C(F)(F)F. The summed E-state index contributed by atoms with van der Waals surface area (Å²) in [5.41, 5.74) is 5.64. The van der Waals surface area contributed by atoms with Crippen molar-refractivity contribution in [2.45, 2.75) is 32.5 Å². The molecular weight excluding hydrogens is 241 g/mol. The van der Waals surface area contributed by atoms with Crippen LogP contribution < -0.4 is 11.1 Å². The molecule has 0 heterocycles. The third-order valence-corrected chi connectivity index (χ3v) is 2.32. The van der Waals surface area contributed by atoms with Crippen LogP contribution in [0.2, 0.25) is 0 Å². The van der Waals surface area contributed by atoms with Gasteiger partial charge in [0, 0.05) is 17.9 Å². The smallest absolute Gasteiger partial charge is 0.362 e. The van der Waals surface area contributed by atoms with Gasteiger partial charge in [-0.3, -0.25) is 0 Å². The first-order chi connectivity index (χ1) is 8.22. The molecule has 3 N–H and O–H groups in total. The van der Waals surface area contributed by atoms with Crippen molar-refractivity contribution in [1.29, 1.82) is 0 Å². The summed E-state index contributed by atoms with van der Waals surface area (Å²) in [6, 6.07) is -0.414. The van der Waals surface area contributed by atoms with E-state index >= 15 is 0 Å². The van der Waals surface area contributed by atoms with Gasteiger partial charge in [0.05, 0.1) is 5.57 Å². The van der Waals surface area contributed by atoms with Crippen LogP contribution in [-0.2, 0) is 0 Å². The van der Waals surface area contributed by atoms with Crippen molar-refractivity contribution in [1.82, 2.24) is 5.32 Å². The highest BCUT2D eigenvalue weighted by molar-refractivity contribution is 5.30. The molecule has 102 valence electrons. The first-order valence-electron chi connectivity index (χ1n) is 5.53. The fourth-order valence-electron chi connectivity index (χ4n) is 1.19. The molecule has 18 heavy (non-hydrogen) atoms. The predicted octanol–water partition coefficient (Wildman–Crippen LogP) is 3.41. The Balaban J connectivity index is 5.25. The van der Waals surface area contributed by atoms with E-state index < -0.39 is 17.8 Å². The van der Waals surface area contributed by atoms with Crippen LogP contribution in [0.1, 0.15) is 20.3 Å². The van der Waals surface area contributed by atoms with Gasteiger partial charge in [-0.05, 0) is 25.5 Å². The van der Waals surface area contributed by atoms with Gasteiger partial charge in [-0.1, -0.05) is 25.7 Å². The molecule has 0 aromatic heterocycles. The van der Waals surface area contributed by atoms with Crippen molar-refractivity contribution in [3.05, 3.63) is 48.4 Å². The second-order valence-electron chi connectivity index (χ2n) is 3.83. The molecule has 0 spiro atoms. The Hall–Kier alpha value is -1.49. The van der Waals surface area contributed by atoms with E-state index in [0.29, 0.717) is 17.7 Å². The predicted molar refractivity (Wildman–Crippen MR) is 68.6 cm³/mol. The fraction of sp³-hybridized carbons (Fsp3) is 0.385. The van der Waals surface area contributed by atoms with Crippen LogP contribution in [0.3, 0.4) is 0 Å². The summed E-state index contributed by atoms with van der Waals surface area (Å²) in [5, 5.41) is 2.43. The van der Waals surface area contributed by atoms with E-state index in [1.165, 1.54) is 6.08 Å². The number of hydrogen-bond acceptors (Lipinski definition) is 2. The Kier molecular flexibility index (Phi) is 6.47. The Morgan fingerprint density at radius 3 is 2.33 bits per heavy atom. The summed E-state index contributed by atoms with van der Waals surface area (Å²) in [6.45, 7) is 10.3. The highest BCUT2D eigenvalue weighted by Gasteiger charge is 2.32. The molecule has 0 saturated heterocycles. The van der Waals surface area contributed by atoms with Gasteiger partial charge in [0.25, 0.3) is 0 Å². The second-order valence-corrected chi connectivity index (χ2v) is 3.83. The standard InChI is InChI=1S/C13H19F3N2/c1-5-9(3)18-8-12(13(14,15)16)7-11(6-2)10(4)17/h5,7-8,10,18H,1,3,6,17H2,2,4H3/b11-7-,12-8+. The van der Waals surface area contributed by atoms with Crippen LogP contribution in [0.4, 0.5) is 13.2 Å². The van der Waals surface area contributed by atoms with E-state index in [9.17, 15) is 13.2 Å². The third-order valence-electron chi connectivity index (χ3n) is 2.32. The molecule has 0 saturated carbocycles. The van der Waals surface area contributed by atoms with Crippen molar-refractivity contribution in [2.75, 3.05) is 0 Å². The van der Waals surface area contributed by atoms with Crippen LogP contribution in [0, 0.1) is 0 Å². The maximum Gasteiger partial charge on any atom is 0.417 e. The quantitative estimate of drug-likeness (QED) is 0.718. The van der Waals surface area contributed by atoms with Gasteiger partial charge in [0.2, 0.25) is 0 Å². The van der Waals surface area contributed by atoms with E-state index in [2.05, 4.69) is 18.5 Å². The van der Waals surface area contributed by atoms with Gasteiger partial charge in [-0.25, -0.2) is 0 Å². The highest BCUT2D eigenvalue weighted by Crippen LogP contribution is 2.28. The number of allylic oxidation sites excluding steroid dienone is 3. The van der Waals surface area contributed by atoms with Gasteiger partial charge < -0.3 is 11.1 Å². The molecule has 0 aliphatic heterocycles. The Morgan fingerprint density at radius 2 is 2.00 bits per heavy atom. The highest BCUT2D eigenvalue weighted by atomic mass is 19.4. The molecule has 0 rings (SSSR count). The lowest BCUT2D eigenvalue weighted by atomic mass is 10.0. The van der Waals surface area contributed by atoms with Gasteiger partial charge >= 0.3 is 6.18 Å². The average Bonchev–Trinajstić information content (AvgIpc) is 2.26. The van der Waals surface area contributed by atoms with Crippen LogP contribution in [0.5, 0.6) is 0 Å². The molecule has 1 atom stereocenters. The molecule has 2 nitrogen and oxygen atoms in total. The fourth-order valence-corrected chi connectivity index (χ4v) is 1.19. The monoisotopic (exact) mass is 260 g/mol. The molecule has 1 unspecified atom stereocenters. The van der Waals surface area contributed by atoms with Crippen LogP contribution >= 0.6 is 0 Å². The van der Waals surface area contributed by atoms with Crippen LogP contribution in [0.25, 0.3) is 0 Å². The minimum absolute atomic E-state index is 0.295. The average molecular weight is 260 g/mol. The lowest BCUT2D eigenvalue weighted by Gasteiger charge is -2.13. The van der Waals surface area contributed by atoms with Crippen LogP contribution in [-0.4, -0.2) is 12.2 Å². The molecule has 0 amide bonds. The molecule has 0 fully saturated rings. The van der Waals surface area contributed by atoms with Crippen LogP contribution in [0.15, 0.2) is 48.4 Å². The summed E-state index contributed by atoms with van der Waals surface area (Å²) in [6.07, 6.45) is -0.714. The summed E-state index contributed by atoms with van der Waals surface area (Å²) in [4.78, 5) is 0. The van der Waals surface area contributed by atoms with E-state index in [4.69, 9.17) is 5.73 Å². The second kappa shape index (κ2) is 7.06. The normalized spacial score (nSPS) is 15.2. The van der Waals surface area contributed by atoms with Gasteiger partial charge in [0.15, 0.2) is 0 Å².